The Kier molecular flexibility index (Phi) is 9.64. The number of aliphatic carboxylic acids is 1. The van der Waals surface area contributed by atoms with E-state index >= 15 is 0 Å². The molecule has 4 atom stereocenters. The zero-order valence-electron chi connectivity index (χ0n) is 25.9. The van der Waals surface area contributed by atoms with E-state index in [1.54, 1.807) is 13.8 Å². The number of nitrogens with one attached hydrogen (secondary N) is 2. The van der Waals surface area contributed by atoms with E-state index in [0.29, 0.717) is 41.9 Å². The summed E-state index contributed by atoms with van der Waals surface area (Å²) in [5.41, 5.74) is 2.76. The highest BCUT2D eigenvalue weighted by atomic mass is 16.4. The lowest BCUT2D eigenvalue weighted by molar-refractivity contribution is -0.138. The largest absolute Gasteiger partial charge is 0.480 e. The minimum Gasteiger partial charge on any atom is -0.480 e. The summed E-state index contributed by atoms with van der Waals surface area (Å²) in [5, 5.41) is 15.8. The number of carboxylic acids is 1. The van der Waals surface area contributed by atoms with E-state index in [1.165, 1.54) is 0 Å². The number of nitrogens with zero attached hydrogens (tertiary/aromatic N) is 4. The van der Waals surface area contributed by atoms with Gasteiger partial charge in [0.25, 0.3) is 5.91 Å². The normalized spacial score (nSPS) is 22.0. The highest BCUT2D eigenvalue weighted by Crippen LogP contribution is 2.33. The molecule has 1 aliphatic carbocycles. The average Bonchev–Trinajstić information content (AvgIpc) is 3.71. The first kappa shape index (κ1) is 30.9. The Bertz CT molecular complexity index is 1270. The van der Waals surface area contributed by atoms with Crippen molar-refractivity contribution in [2.45, 2.75) is 71.9 Å². The van der Waals surface area contributed by atoms with Gasteiger partial charge in [0.05, 0.1) is 23.0 Å². The van der Waals surface area contributed by atoms with Crippen LogP contribution in [0, 0.1) is 37.5 Å². The molecule has 2 saturated heterocycles. The van der Waals surface area contributed by atoms with E-state index in [2.05, 4.69) is 37.6 Å². The van der Waals surface area contributed by atoms with Crippen molar-refractivity contribution in [2.75, 3.05) is 38.0 Å². The van der Waals surface area contributed by atoms with Crippen LogP contribution in [0.15, 0.2) is 30.3 Å². The summed E-state index contributed by atoms with van der Waals surface area (Å²) < 4.78 is 0. The van der Waals surface area contributed by atoms with E-state index in [0.717, 1.165) is 57.3 Å². The third kappa shape index (κ3) is 7.17. The van der Waals surface area contributed by atoms with Crippen molar-refractivity contribution >= 4 is 23.7 Å². The number of carbonyl (C=O) groups excluding carboxylic acids is 2. The van der Waals surface area contributed by atoms with Crippen LogP contribution in [0.3, 0.4) is 0 Å². The molecular weight excluding hydrogens is 544 g/mol. The van der Waals surface area contributed by atoms with Crippen LogP contribution in [0.2, 0.25) is 0 Å². The van der Waals surface area contributed by atoms with Gasteiger partial charge in [0, 0.05) is 38.6 Å². The van der Waals surface area contributed by atoms with Gasteiger partial charge in [0.15, 0.2) is 0 Å². The molecule has 3 aliphatic rings. The monoisotopic (exact) mass is 590 g/mol. The summed E-state index contributed by atoms with van der Waals surface area (Å²) in [6.45, 7) is 11.4. The molecule has 2 amide bonds. The topological polar surface area (TPSA) is 128 Å². The Balaban J connectivity index is 1.17. The Morgan fingerprint density at radius 3 is 2.12 bits per heavy atom. The molecule has 10 nitrogen and oxygen atoms in total. The third-order valence-corrected chi connectivity index (χ3v) is 9.53. The Labute approximate surface area is 254 Å². The van der Waals surface area contributed by atoms with Crippen molar-refractivity contribution in [1.82, 2.24) is 25.1 Å². The maximum absolute atomic E-state index is 13.6. The Morgan fingerprint density at radius 2 is 1.56 bits per heavy atom. The van der Waals surface area contributed by atoms with Crippen molar-refractivity contribution in [3.8, 4) is 0 Å². The van der Waals surface area contributed by atoms with E-state index in [-0.39, 0.29) is 35.6 Å². The molecule has 1 aromatic heterocycles. The van der Waals surface area contributed by atoms with Gasteiger partial charge in [-0.2, -0.15) is 0 Å². The van der Waals surface area contributed by atoms with Gasteiger partial charge in [-0.3, -0.25) is 9.59 Å². The number of carbonyl (C=O) groups is 3. The van der Waals surface area contributed by atoms with E-state index in [1.807, 2.05) is 36.9 Å². The molecule has 43 heavy (non-hydrogen) atoms. The van der Waals surface area contributed by atoms with Crippen molar-refractivity contribution in [2.24, 2.45) is 23.7 Å². The smallest absolute Gasteiger partial charge is 0.326 e. The van der Waals surface area contributed by atoms with Crippen LogP contribution >= 0.6 is 0 Å². The SMILES string of the molecule is Cc1nc(N[C@H](C(=O)O)C(C)C)nc(C)c1C(=O)N1CC2CN(CC[C@H](NC(=O)C3CCCC3)c3ccccc3)CC2C1. The minimum atomic E-state index is -0.962. The first-order valence-electron chi connectivity index (χ1n) is 15.8. The summed E-state index contributed by atoms with van der Waals surface area (Å²) in [4.78, 5) is 51.5. The molecule has 2 unspecified atom stereocenters. The van der Waals surface area contributed by atoms with Gasteiger partial charge >= 0.3 is 5.97 Å². The van der Waals surface area contributed by atoms with Gasteiger partial charge in [-0.15, -0.1) is 0 Å². The van der Waals surface area contributed by atoms with Gasteiger partial charge in [0.1, 0.15) is 6.04 Å². The molecule has 232 valence electrons. The maximum atomic E-state index is 13.6. The molecule has 2 aromatic rings. The zero-order chi connectivity index (χ0) is 30.7. The Hall–Kier alpha value is -3.53. The van der Waals surface area contributed by atoms with Crippen molar-refractivity contribution in [3.05, 3.63) is 52.8 Å². The van der Waals surface area contributed by atoms with Gasteiger partial charge in [0.2, 0.25) is 11.9 Å². The molecule has 3 N–H and O–H groups in total. The molecule has 0 bridgehead atoms. The number of hydrogen-bond donors (Lipinski definition) is 3. The number of amides is 2. The van der Waals surface area contributed by atoms with E-state index in [9.17, 15) is 19.5 Å². The number of hydrogen-bond acceptors (Lipinski definition) is 7. The second kappa shape index (κ2) is 13.4. The summed E-state index contributed by atoms with van der Waals surface area (Å²) >= 11 is 0. The van der Waals surface area contributed by atoms with E-state index < -0.39 is 12.0 Å². The fourth-order valence-electron chi connectivity index (χ4n) is 7.14. The first-order valence-corrected chi connectivity index (χ1v) is 15.8. The highest BCUT2D eigenvalue weighted by molar-refractivity contribution is 5.96. The fraction of sp³-hybridized carbons (Fsp3) is 0.606. The number of rotatable bonds is 11. The highest BCUT2D eigenvalue weighted by Gasteiger charge is 2.42. The third-order valence-electron chi connectivity index (χ3n) is 9.53. The number of likely N-dealkylation sites (tertiary alicyclic amines) is 2. The number of aromatic nitrogens is 2. The standard InChI is InChI=1S/C33H46N6O4/c1-20(2)29(32(42)43)37-33-34-21(3)28(22(4)35-33)31(41)39-18-25-16-38(17-26(25)19-39)15-14-27(23-10-6-5-7-11-23)36-30(40)24-12-8-9-13-24/h5-7,10-11,20,24-27,29H,8-9,12-19H2,1-4H3,(H,36,40)(H,42,43)(H,34,35,37)/t25?,26?,27-,29-/m0/s1. The first-order chi connectivity index (χ1) is 20.6. The van der Waals surface area contributed by atoms with Crippen LogP contribution in [0.5, 0.6) is 0 Å². The van der Waals surface area contributed by atoms with Crippen molar-refractivity contribution in [1.29, 1.82) is 0 Å². The molecule has 3 fully saturated rings. The molecule has 0 spiro atoms. The van der Waals surface area contributed by atoms with Gasteiger partial charge < -0.3 is 25.5 Å². The Morgan fingerprint density at radius 1 is 0.953 bits per heavy atom. The zero-order valence-corrected chi connectivity index (χ0v) is 25.9. The molecular formula is C33H46N6O4. The number of fused-ring (bicyclic) bond motifs is 1. The van der Waals surface area contributed by atoms with Crippen LogP contribution < -0.4 is 10.6 Å². The van der Waals surface area contributed by atoms with Crippen LogP contribution in [-0.4, -0.2) is 81.4 Å². The minimum absolute atomic E-state index is 0.00236. The molecule has 1 saturated carbocycles. The van der Waals surface area contributed by atoms with E-state index in [4.69, 9.17) is 0 Å². The predicted molar refractivity (Wildman–Crippen MR) is 165 cm³/mol. The quantitative estimate of drug-likeness (QED) is 0.358. The predicted octanol–water partition coefficient (Wildman–Crippen LogP) is 4.06. The molecule has 2 aliphatic heterocycles. The lowest BCUT2D eigenvalue weighted by Crippen LogP contribution is -2.37. The number of carboxylic acid groups (broad SMARTS) is 1. The number of aryl methyl sites for hydroxylation is 2. The summed E-state index contributed by atoms with van der Waals surface area (Å²) in [5.74, 6) is 0.234. The van der Waals surface area contributed by atoms with Gasteiger partial charge in [-0.05, 0) is 56.4 Å². The van der Waals surface area contributed by atoms with Crippen molar-refractivity contribution < 1.29 is 19.5 Å². The van der Waals surface area contributed by atoms with Crippen LogP contribution in [0.25, 0.3) is 0 Å². The maximum Gasteiger partial charge on any atom is 0.326 e. The summed E-state index contributed by atoms with van der Waals surface area (Å²) in [6, 6.07) is 9.48. The molecule has 10 heteroatoms. The van der Waals surface area contributed by atoms with Crippen molar-refractivity contribution in [3.63, 3.8) is 0 Å². The van der Waals surface area contributed by atoms with Crippen LogP contribution in [0.1, 0.15) is 79.3 Å². The van der Waals surface area contributed by atoms with Crippen LogP contribution in [-0.2, 0) is 9.59 Å². The molecule has 0 radical (unpaired) electrons. The lowest BCUT2D eigenvalue weighted by Gasteiger charge is -2.26. The number of anilines is 1. The second-order valence-corrected chi connectivity index (χ2v) is 13.0. The second-order valence-electron chi connectivity index (χ2n) is 13.0. The summed E-state index contributed by atoms with van der Waals surface area (Å²) in [7, 11) is 0. The number of benzene rings is 1. The van der Waals surface area contributed by atoms with Crippen LogP contribution in [0.4, 0.5) is 5.95 Å². The molecule has 3 heterocycles. The van der Waals surface area contributed by atoms with Gasteiger partial charge in [-0.1, -0.05) is 57.0 Å². The molecule has 1 aromatic carbocycles. The molecule has 5 rings (SSSR count). The average molecular weight is 591 g/mol. The summed E-state index contributed by atoms with van der Waals surface area (Å²) in [6.07, 6.45) is 5.14. The fourth-order valence-corrected chi connectivity index (χ4v) is 7.14. The lowest BCUT2D eigenvalue weighted by atomic mass is 10.0. The van der Waals surface area contributed by atoms with Gasteiger partial charge in [-0.25, -0.2) is 14.8 Å².